The summed E-state index contributed by atoms with van der Waals surface area (Å²) < 4.78 is 0. The molecule has 2 rings (SSSR count). The van der Waals surface area contributed by atoms with Gasteiger partial charge in [-0.3, -0.25) is 14.8 Å². The molecule has 0 bridgehead atoms. The Labute approximate surface area is 138 Å². The normalized spacial score (nSPS) is 16.9. The highest BCUT2D eigenvalue weighted by Gasteiger charge is 2.31. The third-order valence-electron chi connectivity index (χ3n) is 4.63. The number of carbonyl (C=O) groups excluding carboxylic acids is 1. The van der Waals surface area contributed by atoms with E-state index in [1.54, 1.807) is 25.5 Å². The quantitative estimate of drug-likeness (QED) is 0.555. The lowest BCUT2D eigenvalue weighted by Crippen LogP contribution is -2.45. The van der Waals surface area contributed by atoms with Crippen molar-refractivity contribution in [1.82, 2.24) is 15.6 Å². The van der Waals surface area contributed by atoms with Gasteiger partial charge in [-0.15, -0.1) is 0 Å². The fraction of sp³-hybridized carbons (Fsp3) is 0.588. The van der Waals surface area contributed by atoms with Gasteiger partial charge >= 0.3 is 0 Å². The molecular formula is C17H27N5O. The van der Waals surface area contributed by atoms with E-state index in [0.717, 1.165) is 6.54 Å². The Balaban J connectivity index is 1.75. The van der Waals surface area contributed by atoms with E-state index >= 15 is 0 Å². The van der Waals surface area contributed by atoms with Crippen LogP contribution in [-0.4, -0.2) is 37.0 Å². The highest BCUT2D eigenvalue weighted by Crippen LogP contribution is 2.40. The van der Waals surface area contributed by atoms with Crippen LogP contribution in [0, 0.1) is 5.41 Å². The predicted molar refractivity (Wildman–Crippen MR) is 93.4 cm³/mol. The van der Waals surface area contributed by atoms with Crippen LogP contribution in [0.5, 0.6) is 0 Å². The average Bonchev–Trinajstić information content (AvgIpc) is 3.05. The van der Waals surface area contributed by atoms with Gasteiger partial charge in [0.15, 0.2) is 5.96 Å². The van der Waals surface area contributed by atoms with Crippen LogP contribution in [0.4, 0.5) is 5.69 Å². The van der Waals surface area contributed by atoms with Crippen LogP contribution in [0.3, 0.4) is 0 Å². The summed E-state index contributed by atoms with van der Waals surface area (Å²) in [7, 11) is 1.72. The summed E-state index contributed by atoms with van der Waals surface area (Å²) in [4.78, 5) is 20.1. The molecule has 0 aliphatic heterocycles. The molecule has 1 aliphatic carbocycles. The largest absolute Gasteiger partial charge is 0.356 e. The van der Waals surface area contributed by atoms with Gasteiger partial charge in [0.05, 0.1) is 18.4 Å². The highest BCUT2D eigenvalue weighted by molar-refractivity contribution is 5.94. The van der Waals surface area contributed by atoms with Gasteiger partial charge in [0.1, 0.15) is 0 Å². The smallest absolute Gasteiger partial charge is 0.243 e. The average molecular weight is 317 g/mol. The topological polar surface area (TPSA) is 78.4 Å². The molecule has 0 aromatic carbocycles. The Kier molecular flexibility index (Phi) is 6.38. The zero-order valence-corrected chi connectivity index (χ0v) is 14.1. The second kappa shape index (κ2) is 8.50. The van der Waals surface area contributed by atoms with Crippen molar-refractivity contribution in [2.45, 2.75) is 39.0 Å². The van der Waals surface area contributed by atoms with Gasteiger partial charge in [-0.05, 0) is 36.8 Å². The van der Waals surface area contributed by atoms with Crippen LogP contribution in [-0.2, 0) is 4.79 Å². The molecule has 0 spiro atoms. The van der Waals surface area contributed by atoms with Crippen molar-refractivity contribution >= 4 is 17.6 Å². The molecule has 0 unspecified atom stereocenters. The van der Waals surface area contributed by atoms with Crippen LogP contribution in [0.25, 0.3) is 0 Å². The Morgan fingerprint density at radius 3 is 2.74 bits per heavy atom. The SMILES string of the molecule is CCC1(CNC(=NC)NCC(=O)Nc2cccnc2)CCCC1. The van der Waals surface area contributed by atoms with Gasteiger partial charge in [0, 0.05) is 19.8 Å². The van der Waals surface area contributed by atoms with Gasteiger partial charge < -0.3 is 16.0 Å². The number of pyridine rings is 1. The summed E-state index contributed by atoms with van der Waals surface area (Å²) in [5.41, 5.74) is 1.08. The summed E-state index contributed by atoms with van der Waals surface area (Å²) in [6.07, 6.45) is 9.65. The van der Waals surface area contributed by atoms with Crippen molar-refractivity contribution in [3.05, 3.63) is 24.5 Å². The maximum absolute atomic E-state index is 11.9. The lowest BCUT2D eigenvalue weighted by Gasteiger charge is -2.28. The van der Waals surface area contributed by atoms with E-state index in [4.69, 9.17) is 0 Å². The first-order valence-electron chi connectivity index (χ1n) is 8.32. The third kappa shape index (κ3) is 5.23. The van der Waals surface area contributed by atoms with Gasteiger partial charge in [0.25, 0.3) is 0 Å². The molecule has 0 radical (unpaired) electrons. The standard InChI is InChI=1S/C17H27N5O/c1-3-17(8-4-5-9-17)13-21-16(18-2)20-12-15(23)22-14-7-6-10-19-11-14/h6-7,10-11H,3-5,8-9,12-13H2,1-2H3,(H,22,23)(H2,18,20,21). The van der Waals surface area contributed by atoms with E-state index in [9.17, 15) is 4.79 Å². The molecule has 6 heteroatoms. The monoisotopic (exact) mass is 317 g/mol. The second-order valence-electron chi connectivity index (χ2n) is 6.13. The van der Waals surface area contributed by atoms with E-state index in [-0.39, 0.29) is 12.5 Å². The predicted octanol–water partition coefficient (Wildman–Crippen LogP) is 2.16. The van der Waals surface area contributed by atoms with E-state index in [2.05, 4.69) is 32.9 Å². The third-order valence-corrected chi connectivity index (χ3v) is 4.63. The molecule has 1 saturated carbocycles. The Bertz CT molecular complexity index is 523. The number of aromatic nitrogens is 1. The molecule has 1 aliphatic rings. The molecule has 3 N–H and O–H groups in total. The van der Waals surface area contributed by atoms with Crippen molar-refractivity contribution in [1.29, 1.82) is 0 Å². The van der Waals surface area contributed by atoms with Crippen molar-refractivity contribution in [2.24, 2.45) is 10.4 Å². The van der Waals surface area contributed by atoms with Crippen molar-refractivity contribution < 1.29 is 4.79 Å². The molecule has 0 saturated heterocycles. The maximum atomic E-state index is 11.9. The van der Waals surface area contributed by atoms with Crippen LogP contribution in [0.1, 0.15) is 39.0 Å². The first kappa shape index (κ1) is 17.2. The number of anilines is 1. The van der Waals surface area contributed by atoms with Gasteiger partial charge in [-0.2, -0.15) is 0 Å². The number of nitrogens with one attached hydrogen (secondary N) is 3. The number of aliphatic imine (C=N–C) groups is 1. The van der Waals surface area contributed by atoms with E-state index < -0.39 is 0 Å². The fourth-order valence-corrected chi connectivity index (χ4v) is 3.08. The van der Waals surface area contributed by atoms with Crippen molar-refractivity contribution in [3.8, 4) is 0 Å². The lowest BCUT2D eigenvalue weighted by molar-refractivity contribution is -0.115. The molecule has 1 fully saturated rings. The zero-order chi connectivity index (χ0) is 16.5. The highest BCUT2D eigenvalue weighted by atomic mass is 16.1. The van der Waals surface area contributed by atoms with Crippen LogP contribution >= 0.6 is 0 Å². The molecular weight excluding hydrogens is 290 g/mol. The summed E-state index contributed by atoms with van der Waals surface area (Å²) in [6.45, 7) is 3.34. The Hall–Kier alpha value is -2.11. The van der Waals surface area contributed by atoms with E-state index in [1.165, 1.54) is 32.1 Å². The zero-order valence-electron chi connectivity index (χ0n) is 14.1. The summed E-state index contributed by atoms with van der Waals surface area (Å²) in [5.74, 6) is 0.554. The lowest BCUT2D eigenvalue weighted by atomic mass is 9.83. The Morgan fingerprint density at radius 1 is 1.35 bits per heavy atom. The van der Waals surface area contributed by atoms with Crippen LogP contribution in [0.2, 0.25) is 0 Å². The van der Waals surface area contributed by atoms with Gasteiger partial charge in [-0.1, -0.05) is 19.8 Å². The second-order valence-corrected chi connectivity index (χ2v) is 6.13. The number of amides is 1. The minimum absolute atomic E-state index is 0.118. The van der Waals surface area contributed by atoms with Gasteiger partial charge in [-0.25, -0.2) is 0 Å². The minimum Gasteiger partial charge on any atom is -0.356 e. The maximum Gasteiger partial charge on any atom is 0.243 e. The molecule has 1 amide bonds. The van der Waals surface area contributed by atoms with Crippen LogP contribution in [0.15, 0.2) is 29.5 Å². The minimum atomic E-state index is -0.118. The van der Waals surface area contributed by atoms with Crippen LogP contribution < -0.4 is 16.0 Å². The molecule has 1 heterocycles. The molecule has 1 aromatic rings. The molecule has 23 heavy (non-hydrogen) atoms. The first-order chi connectivity index (χ1) is 11.2. The fourth-order valence-electron chi connectivity index (χ4n) is 3.08. The molecule has 6 nitrogen and oxygen atoms in total. The number of nitrogens with zero attached hydrogens (tertiary/aromatic N) is 2. The number of rotatable bonds is 6. The Morgan fingerprint density at radius 2 is 2.13 bits per heavy atom. The van der Waals surface area contributed by atoms with Crippen molar-refractivity contribution in [3.63, 3.8) is 0 Å². The van der Waals surface area contributed by atoms with Gasteiger partial charge in [0.2, 0.25) is 5.91 Å². The van der Waals surface area contributed by atoms with E-state index in [0.29, 0.717) is 17.1 Å². The number of hydrogen-bond donors (Lipinski definition) is 3. The number of hydrogen-bond acceptors (Lipinski definition) is 3. The van der Waals surface area contributed by atoms with Crippen molar-refractivity contribution in [2.75, 3.05) is 25.5 Å². The number of carbonyl (C=O) groups is 1. The molecule has 126 valence electrons. The summed E-state index contributed by atoms with van der Waals surface area (Å²) in [5, 5.41) is 9.22. The summed E-state index contributed by atoms with van der Waals surface area (Å²) >= 11 is 0. The van der Waals surface area contributed by atoms with E-state index in [1.807, 2.05) is 6.07 Å². The molecule has 1 aromatic heterocycles. The summed E-state index contributed by atoms with van der Waals surface area (Å²) in [6, 6.07) is 3.60. The first-order valence-corrected chi connectivity index (χ1v) is 8.32. The molecule has 0 atom stereocenters. The number of guanidine groups is 1.